The third kappa shape index (κ3) is 5.06. The molecule has 3 aromatic heterocycles. The minimum Gasteiger partial charge on any atom is -0.388 e. The van der Waals surface area contributed by atoms with Crippen molar-refractivity contribution in [3.05, 3.63) is 103 Å². The summed E-state index contributed by atoms with van der Waals surface area (Å²) in [4.78, 5) is 19.2. The third-order valence-electron chi connectivity index (χ3n) is 6.01. The molecule has 0 saturated carbocycles. The standard InChI is InChI=1S/C29H33N7/c1-8-21(17-35(6)7)12-22(9-2)23-10-11-25(30-5)24(13-23)20(4)29-33-26-14-31-15-27(28(26)34-29)36-16-19(3)32-18-36/h8-16,18,30H,1,4,17H2,2-3,5-7H3,(H,33,34)/b21-12+,22-9+. The highest BCUT2D eigenvalue weighted by molar-refractivity contribution is 5.90. The molecule has 0 saturated heterocycles. The van der Waals surface area contributed by atoms with Crippen LogP contribution in [0.15, 0.2) is 80.1 Å². The molecular formula is C29H33N7. The second kappa shape index (κ2) is 10.6. The van der Waals surface area contributed by atoms with Crippen molar-refractivity contribution in [1.29, 1.82) is 0 Å². The number of benzene rings is 1. The number of H-pyrrole nitrogens is 1. The molecule has 2 N–H and O–H groups in total. The number of imidazole rings is 2. The molecule has 0 aliphatic carbocycles. The average molecular weight is 480 g/mol. The highest BCUT2D eigenvalue weighted by Crippen LogP contribution is 2.32. The van der Waals surface area contributed by atoms with Crippen molar-refractivity contribution in [3.8, 4) is 5.69 Å². The third-order valence-corrected chi connectivity index (χ3v) is 6.01. The molecule has 184 valence electrons. The van der Waals surface area contributed by atoms with Crippen LogP contribution >= 0.6 is 0 Å². The smallest absolute Gasteiger partial charge is 0.138 e. The Morgan fingerprint density at radius 3 is 2.69 bits per heavy atom. The Labute approximate surface area is 212 Å². The van der Waals surface area contributed by atoms with Gasteiger partial charge in [-0.05, 0) is 56.8 Å². The van der Waals surface area contributed by atoms with Crippen molar-refractivity contribution in [2.75, 3.05) is 33.0 Å². The van der Waals surface area contributed by atoms with Gasteiger partial charge in [0.2, 0.25) is 0 Å². The van der Waals surface area contributed by atoms with Crippen molar-refractivity contribution < 1.29 is 0 Å². The van der Waals surface area contributed by atoms with E-state index in [-0.39, 0.29) is 0 Å². The van der Waals surface area contributed by atoms with Crippen LogP contribution in [0.25, 0.3) is 27.9 Å². The van der Waals surface area contributed by atoms with E-state index < -0.39 is 0 Å². The minimum atomic E-state index is 0.696. The molecule has 0 bridgehead atoms. The highest BCUT2D eigenvalue weighted by atomic mass is 15.1. The lowest BCUT2D eigenvalue weighted by Gasteiger charge is -2.15. The summed E-state index contributed by atoms with van der Waals surface area (Å²) in [6.45, 7) is 13.2. The molecule has 7 heteroatoms. The van der Waals surface area contributed by atoms with Gasteiger partial charge in [-0.3, -0.25) is 4.98 Å². The van der Waals surface area contributed by atoms with Crippen molar-refractivity contribution >= 4 is 27.9 Å². The lowest BCUT2D eigenvalue weighted by molar-refractivity contribution is 0.449. The van der Waals surface area contributed by atoms with Crippen LogP contribution in [0.3, 0.4) is 0 Å². The zero-order valence-electron chi connectivity index (χ0n) is 21.6. The van der Waals surface area contributed by atoms with Gasteiger partial charge in [0.15, 0.2) is 0 Å². The number of nitrogens with one attached hydrogen (secondary N) is 2. The average Bonchev–Trinajstić information content (AvgIpc) is 3.51. The number of allylic oxidation sites excluding steroid dienone is 3. The number of anilines is 1. The van der Waals surface area contributed by atoms with Crippen LogP contribution in [0.4, 0.5) is 5.69 Å². The van der Waals surface area contributed by atoms with Gasteiger partial charge in [-0.15, -0.1) is 0 Å². The number of fused-ring (bicyclic) bond motifs is 1. The number of rotatable bonds is 9. The molecule has 0 atom stereocenters. The van der Waals surface area contributed by atoms with E-state index in [2.05, 4.69) is 82.8 Å². The quantitative estimate of drug-likeness (QED) is 0.304. The molecular weight excluding hydrogens is 446 g/mol. The lowest BCUT2D eigenvalue weighted by atomic mass is 9.96. The molecule has 0 fully saturated rings. The van der Waals surface area contributed by atoms with Gasteiger partial charge in [-0.1, -0.05) is 37.5 Å². The number of pyridine rings is 1. The van der Waals surface area contributed by atoms with E-state index in [4.69, 9.17) is 4.98 Å². The van der Waals surface area contributed by atoms with Gasteiger partial charge in [0, 0.05) is 36.6 Å². The first-order valence-electron chi connectivity index (χ1n) is 11.8. The topological polar surface area (TPSA) is 74.7 Å². The number of hydrogen-bond donors (Lipinski definition) is 2. The normalized spacial score (nSPS) is 12.4. The number of nitrogens with zero attached hydrogens (tertiary/aromatic N) is 5. The predicted molar refractivity (Wildman–Crippen MR) is 150 cm³/mol. The summed E-state index contributed by atoms with van der Waals surface area (Å²) in [5, 5.41) is 3.30. The van der Waals surface area contributed by atoms with Gasteiger partial charge < -0.3 is 19.8 Å². The van der Waals surface area contributed by atoms with Gasteiger partial charge in [-0.2, -0.15) is 0 Å². The summed E-state index contributed by atoms with van der Waals surface area (Å²) in [7, 11) is 6.02. The summed E-state index contributed by atoms with van der Waals surface area (Å²) in [6.07, 6.45) is 13.5. The first-order valence-corrected chi connectivity index (χ1v) is 11.8. The first kappa shape index (κ1) is 24.9. The Hall–Kier alpha value is -4.23. The molecule has 36 heavy (non-hydrogen) atoms. The monoisotopic (exact) mass is 479 g/mol. The van der Waals surface area contributed by atoms with Gasteiger partial charge in [-0.25, -0.2) is 9.97 Å². The summed E-state index contributed by atoms with van der Waals surface area (Å²) >= 11 is 0. The fourth-order valence-corrected chi connectivity index (χ4v) is 4.19. The molecule has 1 aromatic carbocycles. The van der Waals surface area contributed by atoms with E-state index in [1.165, 1.54) is 0 Å². The number of aromatic amines is 1. The Kier molecular flexibility index (Phi) is 7.31. The maximum atomic E-state index is 4.92. The SMILES string of the molecule is C=C/C(=C\C(=C/C)c1ccc(NC)c(C(=C)c2nc3c(-n4cnc(C)c4)cncc3[nH]2)c1)CN(C)C. The predicted octanol–water partition coefficient (Wildman–Crippen LogP) is 5.63. The minimum absolute atomic E-state index is 0.696. The zero-order valence-corrected chi connectivity index (χ0v) is 21.6. The van der Waals surface area contributed by atoms with Crippen molar-refractivity contribution in [3.63, 3.8) is 0 Å². The maximum absolute atomic E-state index is 4.92. The van der Waals surface area contributed by atoms with Gasteiger partial charge >= 0.3 is 0 Å². The number of hydrogen-bond acceptors (Lipinski definition) is 5. The van der Waals surface area contributed by atoms with E-state index in [0.717, 1.165) is 62.5 Å². The highest BCUT2D eigenvalue weighted by Gasteiger charge is 2.16. The molecule has 0 radical (unpaired) electrons. The second-order valence-electron chi connectivity index (χ2n) is 8.96. The van der Waals surface area contributed by atoms with Crippen LogP contribution in [0.2, 0.25) is 0 Å². The molecule has 0 unspecified atom stereocenters. The fraction of sp³-hybridized carbons (Fsp3) is 0.207. The van der Waals surface area contributed by atoms with E-state index in [9.17, 15) is 0 Å². The molecule has 0 amide bonds. The van der Waals surface area contributed by atoms with Crippen molar-refractivity contribution in [1.82, 2.24) is 29.4 Å². The van der Waals surface area contributed by atoms with E-state index >= 15 is 0 Å². The summed E-state index contributed by atoms with van der Waals surface area (Å²) in [5.74, 6) is 0.696. The summed E-state index contributed by atoms with van der Waals surface area (Å²) in [6, 6.07) is 6.35. The Morgan fingerprint density at radius 2 is 2.06 bits per heavy atom. The van der Waals surface area contributed by atoms with Crippen LogP contribution in [0, 0.1) is 6.92 Å². The van der Waals surface area contributed by atoms with Crippen molar-refractivity contribution in [2.45, 2.75) is 13.8 Å². The van der Waals surface area contributed by atoms with Crippen LogP contribution in [-0.2, 0) is 0 Å². The largest absolute Gasteiger partial charge is 0.388 e. The second-order valence-corrected chi connectivity index (χ2v) is 8.96. The van der Waals surface area contributed by atoms with Gasteiger partial charge in [0.1, 0.15) is 11.3 Å². The summed E-state index contributed by atoms with van der Waals surface area (Å²) < 4.78 is 1.94. The van der Waals surface area contributed by atoms with E-state index in [1.54, 1.807) is 18.7 Å². The summed E-state index contributed by atoms with van der Waals surface area (Å²) in [5.41, 5.74) is 9.57. The number of aromatic nitrogens is 5. The van der Waals surface area contributed by atoms with Crippen LogP contribution in [0.1, 0.15) is 29.6 Å². The van der Waals surface area contributed by atoms with E-state index in [0.29, 0.717) is 5.82 Å². The Bertz CT molecular complexity index is 1480. The number of likely N-dealkylation sites (N-methyl/N-ethyl adjacent to an activating group) is 1. The zero-order chi connectivity index (χ0) is 25.8. The maximum Gasteiger partial charge on any atom is 0.138 e. The van der Waals surface area contributed by atoms with Crippen LogP contribution < -0.4 is 5.32 Å². The van der Waals surface area contributed by atoms with E-state index in [1.807, 2.05) is 37.7 Å². The molecule has 0 aliphatic rings. The van der Waals surface area contributed by atoms with Crippen molar-refractivity contribution in [2.24, 2.45) is 0 Å². The van der Waals surface area contributed by atoms with Crippen LogP contribution in [-0.4, -0.2) is 57.1 Å². The molecule has 7 nitrogen and oxygen atoms in total. The first-order chi connectivity index (χ1) is 17.3. The molecule has 4 aromatic rings. The molecule has 4 rings (SSSR count). The van der Waals surface area contributed by atoms with Crippen LogP contribution in [0.5, 0.6) is 0 Å². The lowest BCUT2D eigenvalue weighted by Crippen LogP contribution is -2.14. The number of aryl methyl sites for hydroxylation is 1. The Morgan fingerprint density at radius 1 is 1.25 bits per heavy atom. The van der Waals surface area contributed by atoms with Gasteiger partial charge in [0.05, 0.1) is 35.6 Å². The molecule has 0 spiro atoms. The Balaban J connectivity index is 1.76. The molecule has 3 heterocycles. The molecule has 0 aliphatic heterocycles. The van der Waals surface area contributed by atoms with Gasteiger partial charge in [0.25, 0.3) is 0 Å². The fourth-order valence-electron chi connectivity index (χ4n) is 4.19.